The van der Waals surface area contributed by atoms with Gasteiger partial charge < -0.3 is 10.6 Å². The maximum atomic E-state index is 12.3. The number of fused-ring (bicyclic) bond motifs is 2. The first-order valence-electron chi connectivity index (χ1n) is 8.95. The van der Waals surface area contributed by atoms with Crippen molar-refractivity contribution in [3.63, 3.8) is 0 Å². The van der Waals surface area contributed by atoms with E-state index in [9.17, 15) is 4.79 Å². The van der Waals surface area contributed by atoms with Gasteiger partial charge in [-0.05, 0) is 58.1 Å². The fraction of sp³-hybridized carbons (Fsp3) is 0.632. The first kappa shape index (κ1) is 16.3. The predicted octanol–water partition coefficient (Wildman–Crippen LogP) is 3.91. The second kappa shape index (κ2) is 6.91. The van der Waals surface area contributed by atoms with Gasteiger partial charge in [-0.3, -0.25) is 4.90 Å². The van der Waals surface area contributed by atoms with E-state index in [4.69, 9.17) is 0 Å². The molecule has 2 saturated heterocycles. The molecular formula is C19H29N3O. The number of anilines is 1. The van der Waals surface area contributed by atoms with Crippen molar-refractivity contribution in [3.05, 3.63) is 29.8 Å². The van der Waals surface area contributed by atoms with Gasteiger partial charge in [0.2, 0.25) is 0 Å². The predicted molar refractivity (Wildman–Crippen MR) is 94.8 cm³/mol. The molecule has 2 atom stereocenters. The highest BCUT2D eigenvalue weighted by atomic mass is 16.2. The molecule has 4 heteroatoms. The number of carbonyl (C=O) groups is 1. The molecular weight excluding hydrogens is 286 g/mol. The molecule has 2 aliphatic rings. The molecule has 2 bridgehead atoms. The Hall–Kier alpha value is -1.55. The van der Waals surface area contributed by atoms with Crippen LogP contribution in [0.15, 0.2) is 24.3 Å². The van der Waals surface area contributed by atoms with Crippen LogP contribution in [0.1, 0.15) is 51.5 Å². The number of aryl methyl sites for hydroxylation is 1. The van der Waals surface area contributed by atoms with Gasteiger partial charge in [-0.2, -0.15) is 0 Å². The van der Waals surface area contributed by atoms with Crippen LogP contribution in [0, 0.1) is 6.92 Å². The molecule has 2 amide bonds. The molecule has 1 aromatic rings. The van der Waals surface area contributed by atoms with Crippen molar-refractivity contribution in [2.24, 2.45) is 0 Å². The summed E-state index contributed by atoms with van der Waals surface area (Å²) in [4.78, 5) is 15.0. The lowest BCUT2D eigenvalue weighted by Crippen LogP contribution is -2.59. The topological polar surface area (TPSA) is 44.4 Å². The van der Waals surface area contributed by atoms with Crippen molar-refractivity contribution in [1.29, 1.82) is 0 Å². The lowest BCUT2D eigenvalue weighted by molar-refractivity contribution is 0.00233. The number of urea groups is 1. The third-order valence-corrected chi connectivity index (χ3v) is 5.36. The second-order valence-corrected chi connectivity index (χ2v) is 7.36. The average molecular weight is 315 g/mol. The summed E-state index contributed by atoms with van der Waals surface area (Å²) in [7, 11) is 0. The van der Waals surface area contributed by atoms with Gasteiger partial charge in [0.15, 0.2) is 0 Å². The third-order valence-electron chi connectivity index (χ3n) is 5.36. The molecule has 2 aliphatic heterocycles. The van der Waals surface area contributed by atoms with Crippen LogP contribution in [0.3, 0.4) is 0 Å². The molecule has 3 rings (SSSR count). The first-order chi connectivity index (χ1) is 11.0. The molecule has 0 radical (unpaired) electrons. The smallest absolute Gasteiger partial charge is 0.319 e. The zero-order valence-corrected chi connectivity index (χ0v) is 14.5. The van der Waals surface area contributed by atoms with Gasteiger partial charge in [-0.15, -0.1) is 0 Å². The zero-order valence-electron chi connectivity index (χ0n) is 14.5. The van der Waals surface area contributed by atoms with Crippen LogP contribution in [0.5, 0.6) is 0 Å². The Bertz CT molecular complexity index is 543. The van der Waals surface area contributed by atoms with Crippen LogP contribution in [0.2, 0.25) is 0 Å². The van der Waals surface area contributed by atoms with Crippen molar-refractivity contribution in [2.75, 3.05) is 5.32 Å². The van der Waals surface area contributed by atoms with Gasteiger partial charge in [0, 0.05) is 29.9 Å². The van der Waals surface area contributed by atoms with Crippen LogP contribution < -0.4 is 10.6 Å². The molecule has 1 aromatic carbocycles. The molecule has 23 heavy (non-hydrogen) atoms. The van der Waals surface area contributed by atoms with Crippen molar-refractivity contribution in [2.45, 2.75) is 77.0 Å². The summed E-state index contributed by atoms with van der Waals surface area (Å²) in [6, 6.07) is 10.00. The molecule has 4 nitrogen and oxygen atoms in total. The van der Waals surface area contributed by atoms with E-state index in [1.54, 1.807) is 0 Å². The highest BCUT2D eigenvalue weighted by molar-refractivity contribution is 5.90. The van der Waals surface area contributed by atoms with Crippen molar-refractivity contribution in [1.82, 2.24) is 10.2 Å². The second-order valence-electron chi connectivity index (χ2n) is 7.36. The Morgan fingerprint density at radius 1 is 1.17 bits per heavy atom. The van der Waals surface area contributed by atoms with E-state index < -0.39 is 0 Å². The number of amides is 2. The van der Waals surface area contributed by atoms with E-state index in [2.05, 4.69) is 29.4 Å². The van der Waals surface area contributed by atoms with Crippen LogP contribution in [-0.2, 0) is 0 Å². The molecule has 126 valence electrons. The molecule has 0 spiro atoms. The van der Waals surface area contributed by atoms with E-state index >= 15 is 0 Å². The van der Waals surface area contributed by atoms with E-state index in [0.29, 0.717) is 24.2 Å². The van der Waals surface area contributed by atoms with E-state index in [1.165, 1.54) is 19.3 Å². The summed E-state index contributed by atoms with van der Waals surface area (Å²) < 4.78 is 0. The Morgan fingerprint density at radius 2 is 1.83 bits per heavy atom. The number of hydrogen-bond acceptors (Lipinski definition) is 2. The minimum absolute atomic E-state index is 0.0691. The number of nitrogens with one attached hydrogen (secondary N) is 2. The van der Waals surface area contributed by atoms with Crippen molar-refractivity contribution < 1.29 is 4.79 Å². The van der Waals surface area contributed by atoms with Gasteiger partial charge in [0.25, 0.3) is 0 Å². The first-order valence-corrected chi connectivity index (χ1v) is 8.95. The number of piperidine rings is 2. The number of para-hydroxylation sites is 1. The molecule has 0 aliphatic carbocycles. The summed E-state index contributed by atoms with van der Waals surface area (Å²) >= 11 is 0. The lowest BCUT2D eigenvalue weighted by atomic mass is 9.81. The molecule has 2 N–H and O–H groups in total. The molecule has 2 unspecified atom stereocenters. The summed E-state index contributed by atoms with van der Waals surface area (Å²) in [5.41, 5.74) is 1.99. The number of carbonyl (C=O) groups excluding carboxylic acids is 1. The number of nitrogens with zero attached hydrogens (tertiary/aromatic N) is 1. The Morgan fingerprint density at radius 3 is 2.43 bits per heavy atom. The Kier molecular flexibility index (Phi) is 4.90. The number of rotatable bonds is 3. The summed E-state index contributed by atoms with van der Waals surface area (Å²) in [6.45, 7) is 6.61. The van der Waals surface area contributed by atoms with Gasteiger partial charge >= 0.3 is 6.03 Å². The maximum Gasteiger partial charge on any atom is 0.319 e. The molecule has 2 fully saturated rings. The van der Waals surface area contributed by atoms with Gasteiger partial charge in [-0.25, -0.2) is 4.79 Å². The minimum atomic E-state index is -0.0691. The average Bonchev–Trinajstić information content (AvgIpc) is 2.48. The largest absolute Gasteiger partial charge is 0.335 e. The Balaban J connectivity index is 1.59. The van der Waals surface area contributed by atoms with E-state index in [1.807, 2.05) is 31.2 Å². The van der Waals surface area contributed by atoms with Crippen LogP contribution in [0.4, 0.5) is 10.5 Å². The summed E-state index contributed by atoms with van der Waals surface area (Å²) in [5.74, 6) is 0. The van der Waals surface area contributed by atoms with Gasteiger partial charge in [0.1, 0.15) is 0 Å². The fourth-order valence-corrected chi connectivity index (χ4v) is 4.44. The molecule has 0 aromatic heterocycles. The van der Waals surface area contributed by atoms with E-state index in [0.717, 1.165) is 24.1 Å². The maximum absolute atomic E-state index is 12.3. The van der Waals surface area contributed by atoms with Crippen LogP contribution in [0.25, 0.3) is 0 Å². The van der Waals surface area contributed by atoms with Crippen molar-refractivity contribution >= 4 is 11.7 Å². The summed E-state index contributed by atoms with van der Waals surface area (Å²) in [6.07, 6.45) is 6.03. The zero-order chi connectivity index (χ0) is 16.4. The van der Waals surface area contributed by atoms with Crippen molar-refractivity contribution in [3.8, 4) is 0 Å². The SMILES string of the molecule is Cc1ccccc1NC(=O)NC1CC2CCCC(C1)N2C(C)C. The Labute approximate surface area is 139 Å². The third kappa shape index (κ3) is 3.69. The quantitative estimate of drug-likeness (QED) is 0.888. The highest BCUT2D eigenvalue weighted by Gasteiger charge is 2.39. The fourth-order valence-electron chi connectivity index (χ4n) is 4.44. The molecule has 2 heterocycles. The molecule has 0 saturated carbocycles. The lowest BCUT2D eigenvalue weighted by Gasteiger charge is -2.51. The summed E-state index contributed by atoms with van der Waals surface area (Å²) in [5, 5.41) is 6.20. The number of hydrogen-bond donors (Lipinski definition) is 2. The van der Waals surface area contributed by atoms with Gasteiger partial charge in [-0.1, -0.05) is 24.6 Å². The van der Waals surface area contributed by atoms with Crippen LogP contribution >= 0.6 is 0 Å². The van der Waals surface area contributed by atoms with Crippen LogP contribution in [-0.4, -0.2) is 35.1 Å². The monoisotopic (exact) mass is 315 g/mol. The standard InChI is InChI=1S/C19H29N3O/c1-13(2)22-16-8-6-9-17(22)12-15(11-16)20-19(23)21-18-10-5-4-7-14(18)3/h4-5,7,10,13,15-17H,6,8-9,11-12H2,1-3H3,(H2,20,21,23). The normalized spacial score (nSPS) is 27.7. The minimum Gasteiger partial charge on any atom is -0.335 e. The number of benzene rings is 1. The van der Waals surface area contributed by atoms with Gasteiger partial charge in [0.05, 0.1) is 0 Å². The highest BCUT2D eigenvalue weighted by Crippen LogP contribution is 2.35. The van der Waals surface area contributed by atoms with E-state index in [-0.39, 0.29) is 6.03 Å².